The highest BCUT2D eigenvalue weighted by Crippen LogP contribution is 2.07. The van der Waals surface area contributed by atoms with Crippen LogP contribution in [0.4, 0.5) is 0 Å². The highest BCUT2D eigenvalue weighted by molar-refractivity contribution is 5.97. The van der Waals surface area contributed by atoms with Gasteiger partial charge in [0.1, 0.15) is 5.56 Å². The molecular weight excluding hydrogens is 254 g/mol. The molecule has 0 aliphatic rings. The minimum absolute atomic E-state index is 0.124. The maximum atomic E-state index is 12.2. The first-order chi connectivity index (χ1) is 9.75. The molecule has 0 saturated carbocycles. The SMILES string of the molecule is O=C(NCc1cc[nH]c1)c1c[nH]c2ccccc2c1=O. The zero-order chi connectivity index (χ0) is 13.9. The second kappa shape index (κ2) is 5.05. The van der Waals surface area contributed by atoms with Gasteiger partial charge in [0.05, 0.1) is 0 Å². The number of benzene rings is 1. The predicted octanol–water partition coefficient (Wildman–Crippen LogP) is 1.79. The standard InChI is InChI=1S/C15H13N3O2/c19-14-11-3-1-2-4-13(11)17-9-12(14)15(20)18-8-10-5-6-16-7-10/h1-7,9,16H,8H2,(H,17,19)(H,18,20). The molecule has 0 bridgehead atoms. The zero-order valence-electron chi connectivity index (χ0n) is 10.6. The molecule has 2 heterocycles. The number of carbonyl (C=O) groups is 1. The van der Waals surface area contributed by atoms with Gasteiger partial charge < -0.3 is 15.3 Å². The molecule has 0 radical (unpaired) electrons. The Kier molecular flexibility index (Phi) is 3.09. The summed E-state index contributed by atoms with van der Waals surface area (Å²) in [6.45, 7) is 0.384. The van der Waals surface area contributed by atoms with Crippen LogP contribution in [-0.4, -0.2) is 15.9 Å². The Morgan fingerprint density at radius 3 is 2.80 bits per heavy atom. The van der Waals surface area contributed by atoms with E-state index in [2.05, 4.69) is 15.3 Å². The molecule has 0 atom stereocenters. The minimum atomic E-state index is -0.377. The van der Waals surface area contributed by atoms with Crippen molar-refractivity contribution >= 4 is 16.8 Å². The molecule has 0 saturated heterocycles. The Morgan fingerprint density at radius 2 is 2.00 bits per heavy atom. The number of fused-ring (bicyclic) bond motifs is 1. The zero-order valence-corrected chi connectivity index (χ0v) is 10.6. The Labute approximate surface area is 114 Å². The van der Waals surface area contributed by atoms with Crippen molar-refractivity contribution in [3.05, 3.63) is 70.3 Å². The average Bonchev–Trinajstić information content (AvgIpc) is 2.99. The molecular formula is C15H13N3O2. The number of amides is 1. The maximum absolute atomic E-state index is 12.2. The lowest BCUT2D eigenvalue weighted by Crippen LogP contribution is -2.28. The highest BCUT2D eigenvalue weighted by Gasteiger charge is 2.12. The van der Waals surface area contributed by atoms with Crippen LogP contribution in [0.3, 0.4) is 0 Å². The van der Waals surface area contributed by atoms with E-state index in [1.54, 1.807) is 30.6 Å². The van der Waals surface area contributed by atoms with Crippen LogP contribution in [0.25, 0.3) is 10.9 Å². The van der Waals surface area contributed by atoms with Gasteiger partial charge in [-0.15, -0.1) is 0 Å². The van der Waals surface area contributed by atoms with Crippen LogP contribution in [-0.2, 0) is 6.54 Å². The van der Waals surface area contributed by atoms with Crippen molar-refractivity contribution in [1.82, 2.24) is 15.3 Å². The van der Waals surface area contributed by atoms with Gasteiger partial charge in [0.2, 0.25) is 5.43 Å². The number of para-hydroxylation sites is 1. The molecule has 0 spiro atoms. The summed E-state index contributed by atoms with van der Waals surface area (Å²) in [5.74, 6) is -0.377. The number of hydrogen-bond donors (Lipinski definition) is 3. The highest BCUT2D eigenvalue weighted by atomic mass is 16.2. The molecule has 5 nitrogen and oxygen atoms in total. The first-order valence-electron chi connectivity index (χ1n) is 6.26. The molecule has 3 N–H and O–H groups in total. The van der Waals surface area contributed by atoms with Crippen LogP contribution in [0.5, 0.6) is 0 Å². The van der Waals surface area contributed by atoms with Gasteiger partial charge in [0.25, 0.3) is 5.91 Å². The van der Waals surface area contributed by atoms with Crippen molar-refractivity contribution in [2.75, 3.05) is 0 Å². The molecule has 0 unspecified atom stereocenters. The third kappa shape index (κ3) is 2.21. The smallest absolute Gasteiger partial charge is 0.257 e. The minimum Gasteiger partial charge on any atom is -0.367 e. The normalized spacial score (nSPS) is 10.6. The van der Waals surface area contributed by atoms with Crippen LogP contribution in [0.2, 0.25) is 0 Å². The molecule has 100 valence electrons. The monoisotopic (exact) mass is 267 g/mol. The largest absolute Gasteiger partial charge is 0.367 e. The van der Waals surface area contributed by atoms with E-state index in [0.29, 0.717) is 11.9 Å². The van der Waals surface area contributed by atoms with Crippen LogP contribution >= 0.6 is 0 Å². The van der Waals surface area contributed by atoms with Gasteiger partial charge in [0.15, 0.2) is 0 Å². The fourth-order valence-corrected chi connectivity index (χ4v) is 2.08. The number of carbonyl (C=O) groups excluding carboxylic acids is 1. The van der Waals surface area contributed by atoms with Crippen LogP contribution in [0, 0.1) is 0 Å². The number of aromatic nitrogens is 2. The molecule has 1 aromatic carbocycles. The molecule has 0 aliphatic carbocycles. The fourth-order valence-electron chi connectivity index (χ4n) is 2.08. The summed E-state index contributed by atoms with van der Waals surface area (Å²) in [5, 5.41) is 3.24. The topological polar surface area (TPSA) is 77.8 Å². The molecule has 3 rings (SSSR count). The lowest BCUT2D eigenvalue weighted by Gasteiger charge is -2.04. The van der Waals surface area contributed by atoms with Crippen molar-refractivity contribution in [3.63, 3.8) is 0 Å². The summed E-state index contributed by atoms with van der Waals surface area (Å²) < 4.78 is 0. The summed E-state index contributed by atoms with van der Waals surface area (Å²) in [7, 11) is 0. The van der Waals surface area contributed by atoms with E-state index in [1.807, 2.05) is 12.1 Å². The third-order valence-corrected chi connectivity index (χ3v) is 3.15. The summed E-state index contributed by atoms with van der Waals surface area (Å²) in [6, 6.07) is 8.99. The number of rotatable bonds is 3. The number of pyridine rings is 1. The van der Waals surface area contributed by atoms with Gasteiger partial charge in [-0.1, -0.05) is 12.1 Å². The molecule has 0 fully saturated rings. The third-order valence-electron chi connectivity index (χ3n) is 3.15. The number of H-pyrrole nitrogens is 2. The molecule has 1 amide bonds. The predicted molar refractivity (Wildman–Crippen MR) is 76.5 cm³/mol. The lowest BCUT2D eigenvalue weighted by molar-refractivity contribution is 0.0949. The van der Waals surface area contributed by atoms with Crippen molar-refractivity contribution < 1.29 is 4.79 Å². The molecule has 20 heavy (non-hydrogen) atoms. The molecule has 3 aromatic rings. The Morgan fingerprint density at radius 1 is 1.15 bits per heavy atom. The summed E-state index contributed by atoms with van der Waals surface area (Å²) in [4.78, 5) is 30.2. The van der Waals surface area contributed by atoms with Gasteiger partial charge in [-0.3, -0.25) is 9.59 Å². The van der Waals surface area contributed by atoms with Gasteiger partial charge in [-0.2, -0.15) is 0 Å². The summed E-state index contributed by atoms with van der Waals surface area (Å²) in [5.41, 5.74) is 1.54. The van der Waals surface area contributed by atoms with Crippen LogP contribution in [0.15, 0.2) is 53.7 Å². The maximum Gasteiger partial charge on any atom is 0.257 e. The van der Waals surface area contributed by atoms with Gasteiger partial charge in [-0.05, 0) is 23.8 Å². The quantitative estimate of drug-likeness (QED) is 0.676. The lowest BCUT2D eigenvalue weighted by atomic mass is 10.1. The number of aromatic amines is 2. The first kappa shape index (κ1) is 12.2. The molecule has 2 aromatic heterocycles. The van der Waals surface area contributed by atoms with Crippen LogP contribution in [0.1, 0.15) is 15.9 Å². The Balaban J connectivity index is 1.88. The second-order valence-corrected chi connectivity index (χ2v) is 4.48. The van der Waals surface area contributed by atoms with Gasteiger partial charge in [-0.25, -0.2) is 0 Å². The van der Waals surface area contributed by atoms with E-state index in [0.717, 1.165) is 11.1 Å². The van der Waals surface area contributed by atoms with E-state index < -0.39 is 0 Å². The first-order valence-corrected chi connectivity index (χ1v) is 6.26. The summed E-state index contributed by atoms with van der Waals surface area (Å²) >= 11 is 0. The average molecular weight is 267 g/mol. The van der Waals surface area contributed by atoms with Gasteiger partial charge in [0, 0.05) is 36.0 Å². The van der Waals surface area contributed by atoms with Crippen molar-refractivity contribution in [1.29, 1.82) is 0 Å². The van der Waals surface area contributed by atoms with Gasteiger partial charge >= 0.3 is 0 Å². The number of hydrogen-bond acceptors (Lipinski definition) is 2. The fraction of sp³-hybridized carbons (Fsp3) is 0.0667. The van der Waals surface area contributed by atoms with E-state index in [1.165, 1.54) is 6.20 Å². The van der Waals surface area contributed by atoms with E-state index in [9.17, 15) is 9.59 Å². The number of nitrogens with one attached hydrogen (secondary N) is 3. The van der Waals surface area contributed by atoms with E-state index in [-0.39, 0.29) is 16.9 Å². The van der Waals surface area contributed by atoms with E-state index >= 15 is 0 Å². The van der Waals surface area contributed by atoms with Crippen molar-refractivity contribution in [2.45, 2.75) is 6.54 Å². The van der Waals surface area contributed by atoms with Crippen molar-refractivity contribution in [3.8, 4) is 0 Å². The Bertz CT molecular complexity index is 803. The van der Waals surface area contributed by atoms with E-state index in [4.69, 9.17) is 0 Å². The Hall–Kier alpha value is -2.82. The second-order valence-electron chi connectivity index (χ2n) is 4.48. The van der Waals surface area contributed by atoms with Crippen molar-refractivity contribution in [2.24, 2.45) is 0 Å². The summed E-state index contributed by atoms with van der Waals surface area (Å²) in [6.07, 6.45) is 5.03. The molecule has 5 heteroatoms. The molecule has 0 aliphatic heterocycles. The van der Waals surface area contributed by atoms with Crippen LogP contribution < -0.4 is 10.7 Å².